The third-order valence-corrected chi connectivity index (χ3v) is 5.09. The molecule has 1 atom stereocenters. The van der Waals surface area contributed by atoms with Crippen LogP contribution in [0.3, 0.4) is 0 Å². The van der Waals surface area contributed by atoms with Crippen molar-refractivity contribution in [3.63, 3.8) is 0 Å². The molecule has 0 aliphatic carbocycles. The quantitative estimate of drug-likeness (QED) is 0.818. The standard InChI is InChI=1S/C11H16N2O4S2/c14-9(1-2-12-3-6-19-11(12)17)13-4-5-18-7-8(13)10(15)16/h8H,1-7H2,(H,15,16). The molecule has 106 valence electrons. The van der Waals surface area contributed by atoms with Crippen molar-refractivity contribution in [2.45, 2.75) is 12.5 Å². The Morgan fingerprint density at radius 2 is 2.11 bits per heavy atom. The minimum absolute atomic E-state index is 0.0109. The summed E-state index contributed by atoms with van der Waals surface area (Å²) in [4.78, 5) is 37.7. The summed E-state index contributed by atoms with van der Waals surface area (Å²) in [6.07, 6.45) is 0.209. The molecule has 2 aliphatic heterocycles. The third kappa shape index (κ3) is 3.56. The Labute approximate surface area is 119 Å². The molecule has 0 saturated carbocycles. The molecule has 0 radical (unpaired) electrons. The van der Waals surface area contributed by atoms with Crippen LogP contribution in [-0.2, 0) is 9.59 Å². The summed E-state index contributed by atoms with van der Waals surface area (Å²) in [5, 5.41) is 9.12. The van der Waals surface area contributed by atoms with E-state index in [1.165, 1.54) is 16.7 Å². The first-order valence-electron chi connectivity index (χ1n) is 6.11. The average molecular weight is 304 g/mol. The minimum Gasteiger partial charge on any atom is -0.480 e. The molecule has 2 amide bonds. The van der Waals surface area contributed by atoms with Crippen molar-refractivity contribution in [3.05, 3.63) is 0 Å². The highest BCUT2D eigenvalue weighted by atomic mass is 32.2. The lowest BCUT2D eigenvalue weighted by Gasteiger charge is -2.33. The Bertz CT molecular complexity index is 391. The van der Waals surface area contributed by atoms with Gasteiger partial charge in [0, 0.05) is 43.3 Å². The largest absolute Gasteiger partial charge is 0.480 e. The van der Waals surface area contributed by atoms with E-state index in [0.717, 1.165) is 11.5 Å². The highest BCUT2D eigenvalue weighted by Gasteiger charge is 2.32. The number of rotatable bonds is 4. The summed E-state index contributed by atoms with van der Waals surface area (Å²) in [5.41, 5.74) is 0. The number of carboxylic acids is 1. The molecule has 0 spiro atoms. The van der Waals surface area contributed by atoms with E-state index >= 15 is 0 Å². The normalized spacial score (nSPS) is 23.8. The van der Waals surface area contributed by atoms with E-state index < -0.39 is 12.0 Å². The first-order valence-corrected chi connectivity index (χ1v) is 8.25. The molecule has 2 aliphatic rings. The summed E-state index contributed by atoms with van der Waals surface area (Å²) in [5.74, 6) is 0.865. The zero-order valence-corrected chi connectivity index (χ0v) is 12.0. The van der Waals surface area contributed by atoms with Crippen LogP contribution in [0.15, 0.2) is 0 Å². The van der Waals surface area contributed by atoms with Crippen LogP contribution in [0.25, 0.3) is 0 Å². The van der Waals surface area contributed by atoms with Gasteiger partial charge in [0.25, 0.3) is 5.24 Å². The number of carbonyl (C=O) groups excluding carboxylic acids is 2. The third-order valence-electron chi connectivity index (χ3n) is 3.17. The highest BCUT2D eigenvalue weighted by Crippen LogP contribution is 2.20. The van der Waals surface area contributed by atoms with E-state index in [-0.39, 0.29) is 17.6 Å². The van der Waals surface area contributed by atoms with Gasteiger partial charge in [-0.1, -0.05) is 11.8 Å². The SMILES string of the molecule is O=C(O)C1CSCCN1C(=O)CCN1CCSC1=O. The predicted molar refractivity (Wildman–Crippen MR) is 74.5 cm³/mol. The Hall–Kier alpha value is -0.890. The minimum atomic E-state index is -0.951. The molecule has 19 heavy (non-hydrogen) atoms. The molecule has 2 saturated heterocycles. The monoisotopic (exact) mass is 304 g/mol. The zero-order chi connectivity index (χ0) is 13.8. The van der Waals surface area contributed by atoms with Crippen molar-refractivity contribution < 1.29 is 19.5 Å². The van der Waals surface area contributed by atoms with Crippen LogP contribution in [0.1, 0.15) is 6.42 Å². The molecule has 0 aromatic carbocycles. The number of carboxylic acid groups (broad SMARTS) is 1. The van der Waals surface area contributed by atoms with Gasteiger partial charge in [-0.15, -0.1) is 0 Å². The van der Waals surface area contributed by atoms with Gasteiger partial charge in [-0.2, -0.15) is 11.8 Å². The van der Waals surface area contributed by atoms with E-state index in [9.17, 15) is 14.4 Å². The van der Waals surface area contributed by atoms with Gasteiger partial charge in [-0.05, 0) is 0 Å². The van der Waals surface area contributed by atoms with Crippen molar-refractivity contribution in [3.8, 4) is 0 Å². The Kier molecular flexibility index (Phi) is 4.98. The van der Waals surface area contributed by atoms with Gasteiger partial charge in [-0.3, -0.25) is 9.59 Å². The van der Waals surface area contributed by atoms with E-state index in [1.54, 1.807) is 16.7 Å². The van der Waals surface area contributed by atoms with Gasteiger partial charge in [-0.25, -0.2) is 4.79 Å². The summed E-state index contributed by atoms with van der Waals surface area (Å²) in [7, 11) is 0. The van der Waals surface area contributed by atoms with Crippen LogP contribution in [0.5, 0.6) is 0 Å². The topological polar surface area (TPSA) is 77.9 Å². The fourth-order valence-electron chi connectivity index (χ4n) is 2.11. The zero-order valence-electron chi connectivity index (χ0n) is 10.4. The van der Waals surface area contributed by atoms with E-state index in [1.807, 2.05) is 0 Å². The number of aliphatic carboxylic acids is 1. The van der Waals surface area contributed by atoms with Crippen LogP contribution in [0, 0.1) is 0 Å². The van der Waals surface area contributed by atoms with Crippen LogP contribution >= 0.6 is 23.5 Å². The lowest BCUT2D eigenvalue weighted by Crippen LogP contribution is -2.50. The van der Waals surface area contributed by atoms with Gasteiger partial charge in [0.1, 0.15) is 6.04 Å². The second-order valence-corrected chi connectivity index (χ2v) is 6.56. The molecule has 0 aromatic rings. The van der Waals surface area contributed by atoms with Crippen molar-refractivity contribution in [2.24, 2.45) is 0 Å². The molecule has 1 unspecified atom stereocenters. The fourth-order valence-corrected chi connectivity index (χ4v) is 4.00. The van der Waals surface area contributed by atoms with Gasteiger partial charge in [0.05, 0.1) is 0 Å². The van der Waals surface area contributed by atoms with Crippen molar-refractivity contribution >= 4 is 40.6 Å². The second kappa shape index (κ2) is 6.51. The number of nitrogens with zero attached hydrogens (tertiary/aromatic N) is 2. The predicted octanol–water partition coefficient (Wildman–Crippen LogP) is 0.574. The Morgan fingerprint density at radius 3 is 2.74 bits per heavy atom. The molecular weight excluding hydrogens is 288 g/mol. The maximum Gasteiger partial charge on any atom is 0.327 e. The molecule has 2 heterocycles. The second-order valence-electron chi connectivity index (χ2n) is 4.37. The van der Waals surface area contributed by atoms with Crippen LogP contribution in [0.2, 0.25) is 0 Å². The van der Waals surface area contributed by atoms with Crippen molar-refractivity contribution in [1.29, 1.82) is 0 Å². The summed E-state index contributed by atoms with van der Waals surface area (Å²) in [6.45, 7) is 1.54. The molecule has 0 bridgehead atoms. The molecule has 2 rings (SSSR count). The molecule has 6 nitrogen and oxygen atoms in total. The van der Waals surface area contributed by atoms with Gasteiger partial charge >= 0.3 is 5.97 Å². The maximum atomic E-state index is 12.1. The van der Waals surface area contributed by atoms with Gasteiger partial charge < -0.3 is 14.9 Å². The lowest BCUT2D eigenvalue weighted by molar-refractivity contribution is -0.149. The maximum absolute atomic E-state index is 12.1. The highest BCUT2D eigenvalue weighted by molar-refractivity contribution is 8.13. The summed E-state index contributed by atoms with van der Waals surface area (Å²) < 4.78 is 0. The number of amides is 2. The number of hydrogen-bond donors (Lipinski definition) is 1. The van der Waals surface area contributed by atoms with Crippen molar-refractivity contribution in [2.75, 3.05) is 36.9 Å². The smallest absolute Gasteiger partial charge is 0.327 e. The first-order chi connectivity index (χ1) is 9.09. The van der Waals surface area contributed by atoms with E-state index in [2.05, 4.69) is 0 Å². The van der Waals surface area contributed by atoms with E-state index in [0.29, 0.717) is 25.4 Å². The van der Waals surface area contributed by atoms with Gasteiger partial charge in [0.2, 0.25) is 5.91 Å². The molecule has 2 fully saturated rings. The average Bonchev–Trinajstić information content (AvgIpc) is 2.81. The van der Waals surface area contributed by atoms with Gasteiger partial charge in [0.15, 0.2) is 0 Å². The molecule has 0 aromatic heterocycles. The Balaban J connectivity index is 1.87. The van der Waals surface area contributed by atoms with E-state index in [4.69, 9.17) is 5.11 Å². The van der Waals surface area contributed by atoms with Crippen LogP contribution in [0.4, 0.5) is 4.79 Å². The van der Waals surface area contributed by atoms with Crippen LogP contribution < -0.4 is 0 Å². The molecule has 1 N–H and O–H groups in total. The summed E-state index contributed by atoms with van der Waals surface area (Å²) in [6, 6.07) is -0.727. The first kappa shape index (κ1) is 14.5. The molecular formula is C11H16N2O4S2. The number of thioether (sulfide) groups is 2. The number of hydrogen-bond acceptors (Lipinski definition) is 5. The summed E-state index contributed by atoms with van der Waals surface area (Å²) >= 11 is 2.82. The van der Waals surface area contributed by atoms with Crippen LogP contribution in [-0.4, -0.2) is 75.0 Å². The Morgan fingerprint density at radius 1 is 1.32 bits per heavy atom. The molecule has 8 heteroatoms. The van der Waals surface area contributed by atoms with Crippen molar-refractivity contribution in [1.82, 2.24) is 9.80 Å². The number of carbonyl (C=O) groups is 3. The fraction of sp³-hybridized carbons (Fsp3) is 0.727. The lowest BCUT2D eigenvalue weighted by atomic mass is 10.2.